The average molecular weight is 442 g/mol. The summed E-state index contributed by atoms with van der Waals surface area (Å²) in [6, 6.07) is 0. The van der Waals surface area contributed by atoms with Gasteiger partial charge in [0.1, 0.15) is 11.6 Å². The Hall–Kier alpha value is -0.360. The van der Waals surface area contributed by atoms with E-state index in [1.807, 2.05) is 0 Å². The minimum atomic E-state index is -3.69. The summed E-state index contributed by atoms with van der Waals surface area (Å²) in [6.07, 6.45) is 3.39. The number of rotatable bonds is 14. The highest BCUT2D eigenvalue weighted by Gasteiger charge is 2.35. The van der Waals surface area contributed by atoms with Crippen molar-refractivity contribution in [1.29, 1.82) is 0 Å². The first-order chi connectivity index (χ1) is 12.0. The Morgan fingerprint density at radius 2 is 0.964 bits per heavy atom. The lowest BCUT2D eigenvalue weighted by Gasteiger charge is -2.26. The SMILES string of the molecule is C.CC(C)(CCCC(=O)CCCC(=O)CCCC(C)(C)P(N)(=O)O)P(N)(=O)O. The number of ketones is 2. The van der Waals surface area contributed by atoms with Crippen molar-refractivity contribution in [2.45, 2.75) is 103 Å². The number of hydrogen-bond donors (Lipinski definition) is 4. The Labute approximate surface area is 169 Å². The van der Waals surface area contributed by atoms with E-state index in [4.69, 9.17) is 11.0 Å². The molecule has 28 heavy (non-hydrogen) atoms. The van der Waals surface area contributed by atoms with Gasteiger partial charge in [0.25, 0.3) is 15.0 Å². The third-order valence-corrected chi connectivity index (χ3v) is 9.05. The zero-order valence-electron chi connectivity index (χ0n) is 16.9. The molecule has 0 spiro atoms. The van der Waals surface area contributed by atoms with Gasteiger partial charge in [-0.2, -0.15) is 0 Å². The summed E-state index contributed by atoms with van der Waals surface area (Å²) in [7, 11) is -7.39. The molecule has 2 unspecified atom stereocenters. The van der Waals surface area contributed by atoms with Crippen LogP contribution in [-0.2, 0) is 18.7 Å². The summed E-state index contributed by atoms with van der Waals surface area (Å²) in [4.78, 5) is 42.6. The van der Waals surface area contributed by atoms with E-state index in [9.17, 15) is 28.5 Å². The molecular formula is C18H40N2O6P2. The Balaban J connectivity index is 0. The van der Waals surface area contributed by atoms with Crippen LogP contribution in [0.4, 0.5) is 0 Å². The molecule has 2 atom stereocenters. The molecule has 10 heteroatoms. The molecule has 6 N–H and O–H groups in total. The smallest absolute Gasteiger partial charge is 0.270 e. The maximum absolute atomic E-state index is 11.9. The largest absolute Gasteiger partial charge is 0.333 e. The molecule has 0 rings (SSSR count). The van der Waals surface area contributed by atoms with Crippen LogP contribution in [0.25, 0.3) is 0 Å². The zero-order valence-corrected chi connectivity index (χ0v) is 18.7. The van der Waals surface area contributed by atoms with Crippen molar-refractivity contribution < 1.29 is 28.5 Å². The molecule has 0 bridgehead atoms. The van der Waals surface area contributed by atoms with Gasteiger partial charge in [-0.3, -0.25) is 29.7 Å². The monoisotopic (exact) mass is 442 g/mol. The standard InChI is InChI=1S/C17H36N2O6P2.CH4/c1-16(2,26(18,22)23)12-6-10-14(20)8-5-9-15(21)11-7-13-17(3,4)27(19,24)25;/h5-13H2,1-4H3,(H3,18,22,23)(H3,19,24,25);1H4. The van der Waals surface area contributed by atoms with E-state index in [2.05, 4.69) is 0 Å². The number of carbonyl (C=O) groups is 2. The molecule has 0 heterocycles. The van der Waals surface area contributed by atoms with Gasteiger partial charge in [-0.25, -0.2) is 0 Å². The fourth-order valence-corrected chi connectivity index (χ4v) is 3.45. The van der Waals surface area contributed by atoms with Crippen LogP contribution in [0.5, 0.6) is 0 Å². The normalized spacial score (nSPS) is 16.6. The highest BCUT2D eigenvalue weighted by molar-refractivity contribution is 7.57. The van der Waals surface area contributed by atoms with Gasteiger partial charge in [0.05, 0.1) is 10.3 Å². The molecule has 0 saturated heterocycles. The van der Waals surface area contributed by atoms with E-state index >= 15 is 0 Å². The van der Waals surface area contributed by atoms with Crippen LogP contribution in [0, 0.1) is 0 Å². The minimum absolute atomic E-state index is 0. The van der Waals surface area contributed by atoms with Crippen molar-refractivity contribution in [2.75, 3.05) is 0 Å². The third-order valence-electron chi connectivity index (χ3n) is 5.13. The lowest BCUT2D eigenvalue weighted by molar-refractivity contribution is -0.120. The average Bonchev–Trinajstić information content (AvgIpc) is 2.44. The molecule has 8 nitrogen and oxygen atoms in total. The molecule has 0 aliphatic carbocycles. The van der Waals surface area contributed by atoms with Gasteiger partial charge in [0.2, 0.25) is 0 Å². The minimum Gasteiger partial charge on any atom is -0.333 e. The third kappa shape index (κ3) is 11.0. The van der Waals surface area contributed by atoms with Gasteiger partial charge in [-0.15, -0.1) is 0 Å². The van der Waals surface area contributed by atoms with E-state index in [1.54, 1.807) is 27.7 Å². The Bertz CT molecular complexity index is 555. The van der Waals surface area contributed by atoms with Gasteiger partial charge in [-0.05, 0) is 59.8 Å². The summed E-state index contributed by atoms with van der Waals surface area (Å²) in [5.74, 6) is 0.0442. The molecule has 0 aromatic heterocycles. The van der Waals surface area contributed by atoms with Gasteiger partial charge >= 0.3 is 0 Å². The quantitative estimate of drug-likeness (QED) is 0.292. The van der Waals surface area contributed by atoms with Crippen LogP contribution >= 0.6 is 15.0 Å². The molecule has 0 aromatic carbocycles. The van der Waals surface area contributed by atoms with Crippen LogP contribution in [0.2, 0.25) is 0 Å². The first-order valence-corrected chi connectivity index (χ1v) is 12.7. The summed E-state index contributed by atoms with van der Waals surface area (Å²) in [5.41, 5.74) is 10.6. The molecule has 0 aliphatic rings. The highest BCUT2D eigenvalue weighted by atomic mass is 31.2. The van der Waals surface area contributed by atoms with Crippen molar-refractivity contribution in [1.82, 2.24) is 0 Å². The molecule has 0 saturated carbocycles. The zero-order chi connectivity index (χ0) is 21.5. The molecule has 168 valence electrons. The fraction of sp³-hybridized carbons (Fsp3) is 0.889. The molecule has 0 radical (unpaired) electrons. The second-order valence-electron chi connectivity index (χ2n) is 8.51. The first kappa shape index (κ1) is 29.8. The van der Waals surface area contributed by atoms with Gasteiger partial charge in [0, 0.05) is 25.7 Å². The van der Waals surface area contributed by atoms with E-state index in [0.717, 1.165) is 0 Å². The summed E-state index contributed by atoms with van der Waals surface area (Å²) in [6.45, 7) is 6.44. The Kier molecular flexibility index (Phi) is 12.5. The van der Waals surface area contributed by atoms with Crippen molar-refractivity contribution >= 4 is 26.6 Å². The van der Waals surface area contributed by atoms with Crippen LogP contribution in [0.3, 0.4) is 0 Å². The number of nitrogens with two attached hydrogens (primary N) is 2. The van der Waals surface area contributed by atoms with E-state index in [0.29, 0.717) is 57.8 Å². The summed E-state index contributed by atoms with van der Waals surface area (Å²) < 4.78 is 23.1. The van der Waals surface area contributed by atoms with Crippen molar-refractivity contribution in [3.8, 4) is 0 Å². The molecular weight excluding hydrogens is 402 g/mol. The lowest BCUT2D eigenvalue weighted by Crippen LogP contribution is -2.24. The van der Waals surface area contributed by atoms with Crippen LogP contribution in [-0.4, -0.2) is 31.7 Å². The number of carbonyl (C=O) groups excluding carboxylic acids is 2. The maximum Gasteiger partial charge on any atom is 0.270 e. The van der Waals surface area contributed by atoms with Gasteiger partial charge < -0.3 is 9.79 Å². The summed E-state index contributed by atoms with van der Waals surface area (Å²) in [5, 5.41) is -1.84. The van der Waals surface area contributed by atoms with Crippen molar-refractivity contribution in [3.63, 3.8) is 0 Å². The molecule has 0 amide bonds. The fourth-order valence-electron chi connectivity index (χ4n) is 2.49. The van der Waals surface area contributed by atoms with E-state index in [1.165, 1.54) is 0 Å². The molecule has 0 fully saturated rings. The van der Waals surface area contributed by atoms with Crippen molar-refractivity contribution in [2.24, 2.45) is 11.0 Å². The molecule has 0 aromatic rings. The maximum atomic E-state index is 11.9. The lowest BCUT2D eigenvalue weighted by atomic mass is 9.99. The summed E-state index contributed by atoms with van der Waals surface area (Å²) >= 11 is 0. The Morgan fingerprint density at radius 1 is 0.714 bits per heavy atom. The topological polar surface area (TPSA) is 161 Å². The van der Waals surface area contributed by atoms with Gasteiger partial charge in [0.15, 0.2) is 0 Å². The van der Waals surface area contributed by atoms with Crippen LogP contribution < -0.4 is 11.0 Å². The van der Waals surface area contributed by atoms with Crippen LogP contribution in [0.15, 0.2) is 0 Å². The van der Waals surface area contributed by atoms with Crippen molar-refractivity contribution in [3.05, 3.63) is 0 Å². The highest BCUT2D eigenvalue weighted by Crippen LogP contribution is 2.50. The van der Waals surface area contributed by atoms with E-state index < -0.39 is 25.4 Å². The predicted octanol–water partition coefficient (Wildman–Crippen LogP) is 4.12. The number of hydrogen-bond acceptors (Lipinski definition) is 4. The first-order valence-electron chi connectivity index (χ1n) is 9.26. The number of Topliss-reactive ketones (excluding diaryl/α,β-unsaturated/α-hetero) is 2. The van der Waals surface area contributed by atoms with Gasteiger partial charge in [-0.1, -0.05) is 7.43 Å². The van der Waals surface area contributed by atoms with Crippen LogP contribution in [0.1, 0.15) is 92.9 Å². The van der Waals surface area contributed by atoms with E-state index in [-0.39, 0.29) is 19.0 Å². The second kappa shape index (κ2) is 11.7. The second-order valence-corrected chi connectivity index (χ2v) is 13.4. The molecule has 0 aliphatic heterocycles. The predicted molar refractivity (Wildman–Crippen MR) is 114 cm³/mol. The Morgan fingerprint density at radius 3 is 1.21 bits per heavy atom.